The van der Waals surface area contributed by atoms with Crippen molar-refractivity contribution in [1.82, 2.24) is 25.1 Å². The Morgan fingerprint density at radius 1 is 1.25 bits per heavy atom. The summed E-state index contributed by atoms with van der Waals surface area (Å²) in [4.78, 5) is 22.9. The van der Waals surface area contributed by atoms with Gasteiger partial charge in [0.05, 0.1) is 24.3 Å². The van der Waals surface area contributed by atoms with Crippen LogP contribution in [0.15, 0.2) is 41.2 Å². The molecule has 0 spiro atoms. The third-order valence-corrected chi connectivity index (χ3v) is 4.98. The standard InChI is InChI=1S/C20H21N5O3/c1-13-17(10-21-12-22-13)19-24-23-18(28-19)15-4-3-9-25(11-15)20(26)14-5-7-16(27-2)8-6-14/h5-8,10,12,15H,3-4,9,11H2,1-2H3. The summed E-state index contributed by atoms with van der Waals surface area (Å²) < 4.78 is 11.1. The van der Waals surface area contributed by atoms with Crippen molar-refractivity contribution < 1.29 is 13.9 Å². The van der Waals surface area contributed by atoms with Crippen molar-refractivity contribution in [3.8, 4) is 17.2 Å². The number of hydrogen-bond acceptors (Lipinski definition) is 7. The second-order valence-electron chi connectivity index (χ2n) is 6.79. The van der Waals surface area contributed by atoms with E-state index in [4.69, 9.17) is 9.15 Å². The fraction of sp³-hybridized carbons (Fsp3) is 0.350. The zero-order valence-electron chi connectivity index (χ0n) is 15.8. The van der Waals surface area contributed by atoms with Crippen LogP contribution in [0.4, 0.5) is 0 Å². The van der Waals surface area contributed by atoms with E-state index >= 15 is 0 Å². The number of likely N-dealkylation sites (tertiary alicyclic amines) is 1. The highest BCUT2D eigenvalue weighted by Gasteiger charge is 2.29. The lowest BCUT2D eigenvalue weighted by Gasteiger charge is -2.31. The number of methoxy groups -OCH3 is 1. The van der Waals surface area contributed by atoms with Gasteiger partial charge in [-0.15, -0.1) is 10.2 Å². The molecular weight excluding hydrogens is 358 g/mol. The Labute approximate surface area is 162 Å². The number of carbonyl (C=O) groups excluding carboxylic acids is 1. The molecule has 3 aromatic rings. The van der Waals surface area contributed by atoms with Gasteiger partial charge >= 0.3 is 0 Å². The zero-order chi connectivity index (χ0) is 19.5. The summed E-state index contributed by atoms with van der Waals surface area (Å²) in [5.74, 6) is 1.70. The second-order valence-corrected chi connectivity index (χ2v) is 6.79. The Balaban J connectivity index is 1.49. The van der Waals surface area contributed by atoms with E-state index in [1.165, 1.54) is 6.33 Å². The largest absolute Gasteiger partial charge is 0.497 e. The first-order chi connectivity index (χ1) is 13.7. The van der Waals surface area contributed by atoms with E-state index in [0.29, 0.717) is 30.4 Å². The van der Waals surface area contributed by atoms with Crippen LogP contribution in [0.2, 0.25) is 0 Å². The lowest BCUT2D eigenvalue weighted by atomic mass is 9.97. The summed E-state index contributed by atoms with van der Waals surface area (Å²) in [6.07, 6.45) is 4.94. The summed E-state index contributed by atoms with van der Waals surface area (Å²) >= 11 is 0. The molecule has 1 amide bonds. The van der Waals surface area contributed by atoms with Crippen LogP contribution in [0.3, 0.4) is 0 Å². The molecule has 3 heterocycles. The first-order valence-corrected chi connectivity index (χ1v) is 9.19. The Hall–Kier alpha value is -3.29. The first-order valence-electron chi connectivity index (χ1n) is 9.19. The molecule has 28 heavy (non-hydrogen) atoms. The van der Waals surface area contributed by atoms with Gasteiger partial charge in [0.2, 0.25) is 5.89 Å². The molecule has 0 bridgehead atoms. The van der Waals surface area contributed by atoms with E-state index in [1.807, 2.05) is 11.8 Å². The minimum Gasteiger partial charge on any atom is -0.497 e. The number of aryl methyl sites for hydroxylation is 1. The van der Waals surface area contributed by atoms with Gasteiger partial charge in [0.1, 0.15) is 12.1 Å². The van der Waals surface area contributed by atoms with Gasteiger partial charge in [-0.2, -0.15) is 0 Å². The van der Waals surface area contributed by atoms with Crippen molar-refractivity contribution in [3.05, 3.63) is 53.9 Å². The van der Waals surface area contributed by atoms with E-state index in [1.54, 1.807) is 37.6 Å². The van der Waals surface area contributed by atoms with Gasteiger partial charge in [-0.1, -0.05) is 0 Å². The first kappa shape index (κ1) is 18.1. The minimum absolute atomic E-state index is 0.000560. The summed E-state index contributed by atoms with van der Waals surface area (Å²) in [5.41, 5.74) is 2.15. The van der Waals surface area contributed by atoms with Gasteiger partial charge in [-0.05, 0) is 44.0 Å². The molecule has 1 unspecified atom stereocenters. The molecule has 0 N–H and O–H groups in total. The minimum atomic E-state index is -0.000560. The number of hydrogen-bond donors (Lipinski definition) is 0. The number of carbonyl (C=O) groups is 1. The van der Waals surface area contributed by atoms with E-state index < -0.39 is 0 Å². The number of amides is 1. The van der Waals surface area contributed by atoms with Crippen molar-refractivity contribution in [2.45, 2.75) is 25.7 Å². The maximum Gasteiger partial charge on any atom is 0.253 e. The van der Waals surface area contributed by atoms with Gasteiger partial charge in [-0.3, -0.25) is 4.79 Å². The molecule has 1 aliphatic rings. The monoisotopic (exact) mass is 379 g/mol. The van der Waals surface area contributed by atoms with Gasteiger partial charge < -0.3 is 14.1 Å². The van der Waals surface area contributed by atoms with Crippen molar-refractivity contribution in [1.29, 1.82) is 0 Å². The molecule has 1 atom stereocenters. The lowest BCUT2D eigenvalue weighted by Crippen LogP contribution is -2.39. The van der Waals surface area contributed by atoms with Gasteiger partial charge in [-0.25, -0.2) is 9.97 Å². The fourth-order valence-electron chi connectivity index (χ4n) is 3.39. The normalized spacial score (nSPS) is 16.8. The van der Waals surface area contributed by atoms with E-state index in [9.17, 15) is 4.79 Å². The maximum absolute atomic E-state index is 12.8. The number of aromatic nitrogens is 4. The molecule has 2 aromatic heterocycles. The highest BCUT2D eigenvalue weighted by atomic mass is 16.5. The average molecular weight is 379 g/mol. The number of nitrogens with zero attached hydrogens (tertiary/aromatic N) is 5. The Kier molecular flexibility index (Phi) is 5.01. The molecule has 1 aromatic carbocycles. The fourth-order valence-corrected chi connectivity index (χ4v) is 3.39. The number of piperidine rings is 1. The Morgan fingerprint density at radius 3 is 2.82 bits per heavy atom. The molecule has 4 rings (SSSR count). The third kappa shape index (κ3) is 3.58. The van der Waals surface area contributed by atoms with Crippen LogP contribution < -0.4 is 4.74 Å². The molecule has 1 fully saturated rings. The van der Waals surface area contributed by atoms with Gasteiger partial charge in [0.15, 0.2) is 0 Å². The third-order valence-electron chi connectivity index (χ3n) is 4.98. The molecule has 0 radical (unpaired) electrons. The molecule has 144 valence electrons. The summed E-state index contributed by atoms with van der Waals surface area (Å²) in [5, 5.41) is 8.38. The predicted molar refractivity (Wildman–Crippen MR) is 101 cm³/mol. The number of rotatable bonds is 4. The number of ether oxygens (including phenoxy) is 1. The molecule has 8 nitrogen and oxygen atoms in total. The predicted octanol–water partition coefficient (Wildman–Crippen LogP) is 2.86. The molecule has 8 heteroatoms. The van der Waals surface area contributed by atoms with Crippen LogP contribution in [0.25, 0.3) is 11.5 Å². The topological polar surface area (TPSA) is 94.2 Å². The molecule has 1 aliphatic heterocycles. The molecule has 1 saturated heterocycles. The maximum atomic E-state index is 12.8. The molecule has 0 saturated carbocycles. The van der Waals surface area contributed by atoms with Crippen molar-refractivity contribution >= 4 is 5.91 Å². The van der Waals surface area contributed by atoms with Crippen LogP contribution in [-0.4, -0.2) is 51.2 Å². The Bertz CT molecular complexity index is 970. The van der Waals surface area contributed by atoms with E-state index in [2.05, 4.69) is 20.2 Å². The molecule has 0 aliphatic carbocycles. The van der Waals surface area contributed by atoms with Crippen LogP contribution >= 0.6 is 0 Å². The lowest BCUT2D eigenvalue weighted by molar-refractivity contribution is 0.0698. The highest BCUT2D eigenvalue weighted by molar-refractivity contribution is 5.94. The van der Waals surface area contributed by atoms with Crippen molar-refractivity contribution in [3.63, 3.8) is 0 Å². The van der Waals surface area contributed by atoms with E-state index in [0.717, 1.165) is 29.8 Å². The van der Waals surface area contributed by atoms with Crippen LogP contribution in [0, 0.1) is 6.92 Å². The van der Waals surface area contributed by atoms with Crippen LogP contribution in [0.5, 0.6) is 5.75 Å². The van der Waals surface area contributed by atoms with E-state index in [-0.39, 0.29) is 11.8 Å². The summed E-state index contributed by atoms with van der Waals surface area (Å²) in [6.45, 7) is 3.14. The van der Waals surface area contributed by atoms with Crippen molar-refractivity contribution in [2.24, 2.45) is 0 Å². The number of benzene rings is 1. The van der Waals surface area contributed by atoms with Crippen LogP contribution in [-0.2, 0) is 0 Å². The highest BCUT2D eigenvalue weighted by Crippen LogP contribution is 2.29. The Morgan fingerprint density at radius 2 is 2.07 bits per heavy atom. The summed E-state index contributed by atoms with van der Waals surface area (Å²) in [6, 6.07) is 7.16. The molecular formula is C20H21N5O3. The smallest absolute Gasteiger partial charge is 0.253 e. The van der Waals surface area contributed by atoms with Gasteiger partial charge in [0.25, 0.3) is 11.8 Å². The van der Waals surface area contributed by atoms with Gasteiger partial charge in [0, 0.05) is 24.8 Å². The SMILES string of the molecule is COc1ccc(C(=O)N2CCCC(c3nnc(-c4cncnc4C)o3)C2)cc1. The van der Waals surface area contributed by atoms with Crippen molar-refractivity contribution in [2.75, 3.05) is 20.2 Å². The summed E-state index contributed by atoms with van der Waals surface area (Å²) in [7, 11) is 1.60. The zero-order valence-corrected chi connectivity index (χ0v) is 15.8. The quantitative estimate of drug-likeness (QED) is 0.688. The second kappa shape index (κ2) is 7.75. The average Bonchev–Trinajstić information content (AvgIpc) is 3.24. The van der Waals surface area contributed by atoms with Crippen LogP contribution in [0.1, 0.15) is 40.7 Å².